The molecular formula is C16H20F2N2O. The van der Waals surface area contributed by atoms with Crippen LogP contribution < -0.4 is 5.32 Å². The lowest BCUT2D eigenvalue weighted by atomic mass is 9.92. The summed E-state index contributed by atoms with van der Waals surface area (Å²) in [5.74, 6) is -0.705. The highest BCUT2D eigenvalue weighted by Crippen LogP contribution is 2.29. The van der Waals surface area contributed by atoms with Crippen molar-refractivity contribution in [3.63, 3.8) is 0 Å². The largest absolute Gasteiger partial charge is 0.351 e. The summed E-state index contributed by atoms with van der Waals surface area (Å²) < 4.78 is 27.8. The maximum Gasteiger partial charge on any atom is 0.257 e. The van der Waals surface area contributed by atoms with Gasteiger partial charge in [-0.1, -0.05) is 12.1 Å². The highest BCUT2D eigenvalue weighted by Gasteiger charge is 2.43. The average Bonchev–Trinajstić information content (AvgIpc) is 3.26. The number of hydrogen-bond donors (Lipinski definition) is 1. The van der Waals surface area contributed by atoms with Crippen LogP contribution in [0.5, 0.6) is 0 Å². The molecule has 1 saturated heterocycles. The van der Waals surface area contributed by atoms with Gasteiger partial charge in [0.2, 0.25) is 0 Å². The molecule has 3 nitrogen and oxygen atoms in total. The van der Waals surface area contributed by atoms with Crippen LogP contribution in [-0.2, 0) is 11.3 Å². The predicted molar refractivity (Wildman–Crippen MR) is 75.9 cm³/mol. The normalized spacial score (nSPS) is 22.0. The van der Waals surface area contributed by atoms with Crippen molar-refractivity contribution in [2.75, 3.05) is 13.1 Å². The Kier molecular flexibility index (Phi) is 3.93. The van der Waals surface area contributed by atoms with Crippen molar-refractivity contribution in [3.8, 4) is 0 Å². The minimum atomic E-state index is -1.74. The molecule has 5 heteroatoms. The topological polar surface area (TPSA) is 32.3 Å². The first-order chi connectivity index (χ1) is 10.0. The minimum absolute atomic E-state index is 0.190. The Morgan fingerprint density at radius 2 is 2.05 bits per heavy atom. The lowest BCUT2D eigenvalue weighted by Crippen LogP contribution is -2.51. The van der Waals surface area contributed by atoms with Crippen molar-refractivity contribution in [3.05, 3.63) is 35.6 Å². The van der Waals surface area contributed by atoms with Crippen LogP contribution in [0.3, 0.4) is 0 Å². The molecule has 1 aromatic carbocycles. The molecule has 2 fully saturated rings. The van der Waals surface area contributed by atoms with E-state index in [0.717, 1.165) is 18.4 Å². The SMILES string of the molecule is O=C(NC1CC1)C1(F)CCN(Cc2cccc(F)c2)CC1. The molecule has 114 valence electrons. The Balaban J connectivity index is 1.53. The van der Waals surface area contributed by atoms with Crippen molar-refractivity contribution >= 4 is 5.91 Å². The molecule has 0 bridgehead atoms. The molecule has 1 amide bonds. The number of carbonyl (C=O) groups is 1. The second kappa shape index (κ2) is 5.72. The van der Waals surface area contributed by atoms with Crippen LogP contribution in [0.4, 0.5) is 8.78 Å². The number of amides is 1. The van der Waals surface area contributed by atoms with Crippen LogP contribution in [0, 0.1) is 5.82 Å². The third-order valence-electron chi connectivity index (χ3n) is 4.26. The Morgan fingerprint density at radius 3 is 2.67 bits per heavy atom. The summed E-state index contributed by atoms with van der Waals surface area (Å²) in [6.07, 6.45) is 2.35. The summed E-state index contributed by atoms with van der Waals surface area (Å²) in [5, 5.41) is 2.75. The lowest BCUT2D eigenvalue weighted by molar-refractivity contribution is -0.136. The zero-order valence-corrected chi connectivity index (χ0v) is 11.9. The van der Waals surface area contributed by atoms with Gasteiger partial charge in [-0.3, -0.25) is 9.69 Å². The van der Waals surface area contributed by atoms with Crippen molar-refractivity contribution < 1.29 is 13.6 Å². The molecule has 1 N–H and O–H groups in total. The van der Waals surface area contributed by atoms with Crippen LogP contribution in [0.25, 0.3) is 0 Å². The molecule has 1 aromatic rings. The van der Waals surface area contributed by atoms with Gasteiger partial charge in [0.15, 0.2) is 5.67 Å². The van der Waals surface area contributed by atoms with Crippen molar-refractivity contribution in [1.82, 2.24) is 10.2 Å². The van der Waals surface area contributed by atoms with Gasteiger partial charge in [0.1, 0.15) is 5.82 Å². The fourth-order valence-corrected chi connectivity index (χ4v) is 2.73. The number of carbonyl (C=O) groups excluding carboxylic acids is 1. The van der Waals surface area contributed by atoms with Gasteiger partial charge in [-0.25, -0.2) is 8.78 Å². The monoisotopic (exact) mass is 294 g/mol. The second-order valence-corrected chi connectivity index (χ2v) is 6.12. The molecule has 0 unspecified atom stereocenters. The molecule has 1 heterocycles. The standard InChI is InChI=1S/C16H20F2N2O/c17-13-3-1-2-12(10-13)11-20-8-6-16(18,7-9-20)15(21)19-14-4-5-14/h1-3,10,14H,4-9,11H2,(H,19,21). The van der Waals surface area contributed by atoms with Gasteiger partial charge in [-0.2, -0.15) is 0 Å². The molecule has 21 heavy (non-hydrogen) atoms. The van der Waals surface area contributed by atoms with Gasteiger partial charge in [-0.15, -0.1) is 0 Å². The summed E-state index contributed by atoms with van der Waals surface area (Å²) in [6, 6.07) is 6.64. The summed E-state index contributed by atoms with van der Waals surface area (Å²) in [6.45, 7) is 1.63. The number of benzene rings is 1. The molecule has 1 saturated carbocycles. The quantitative estimate of drug-likeness (QED) is 0.925. The van der Waals surface area contributed by atoms with E-state index < -0.39 is 11.6 Å². The van der Waals surface area contributed by atoms with Crippen molar-refractivity contribution in [2.24, 2.45) is 0 Å². The van der Waals surface area contributed by atoms with Gasteiger partial charge in [-0.05, 0) is 30.5 Å². The number of halogens is 2. The molecule has 1 aliphatic carbocycles. The summed E-state index contributed by atoms with van der Waals surface area (Å²) in [7, 11) is 0. The fourth-order valence-electron chi connectivity index (χ4n) is 2.73. The summed E-state index contributed by atoms with van der Waals surface area (Å²) >= 11 is 0. The van der Waals surface area contributed by atoms with E-state index in [-0.39, 0.29) is 24.7 Å². The smallest absolute Gasteiger partial charge is 0.257 e. The molecule has 0 aromatic heterocycles. The van der Waals surface area contributed by atoms with E-state index in [4.69, 9.17) is 0 Å². The molecule has 3 rings (SSSR count). The number of nitrogens with zero attached hydrogens (tertiary/aromatic N) is 1. The van der Waals surface area contributed by atoms with Crippen LogP contribution in [-0.4, -0.2) is 35.6 Å². The van der Waals surface area contributed by atoms with Gasteiger partial charge in [0, 0.05) is 38.5 Å². The Labute approximate surface area is 123 Å². The number of alkyl halides is 1. The number of rotatable bonds is 4. The van der Waals surface area contributed by atoms with Gasteiger partial charge < -0.3 is 5.32 Å². The maximum atomic E-state index is 14.6. The predicted octanol–water partition coefficient (Wildman–Crippen LogP) is 2.41. The first-order valence-corrected chi connectivity index (χ1v) is 7.52. The highest BCUT2D eigenvalue weighted by atomic mass is 19.1. The number of nitrogens with one attached hydrogen (secondary N) is 1. The number of hydrogen-bond acceptors (Lipinski definition) is 2. The van der Waals surface area contributed by atoms with Crippen LogP contribution in [0.1, 0.15) is 31.2 Å². The van der Waals surface area contributed by atoms with Gasteiger partial charge in [0.05, 0.1) is 0 Å². The van der Waals surface area contributed by atoms with E-state index in [1.54, 1.807) is 6.07 Å². The molecular weight excluding hydrogens is 274 g/mol. The molecule has 1 aliphatic heterocycles. The lowest BCUT2D eigenvalue weighted by Gasteiger charge is -2.35. The molecule has 0 radical (unpaired) electrons. The van der Waals surface area contributed by atoms with E-state index in [0.29, 0.717) is 19.6 Å². The van der Waals surface area contributed by atoms with E-state index in [1.807, 2.05) is 6.07 Å². The van der Waals surface area contributed by atoms with Crippen molar-refractivity contribution in [2.45, 2.75) is 43.9 Å². The summed E-state index contributed by atoms with van der Waals surface area (Å²) in [4.78, 5) is 14.0. The summed E-state index contributed by atoms with van der Waals surface area (Å²) in [5.41, 5.74) is -0.857. The molecule has 2 aliphatic rings. The van der Waals surface area contributed by atoms with Crippen LogP contribution in [0.2, 0.25) is 0 Å². The fraction of sp³-hybridized carbons (Fsp3) is 0.562. The zero-order chi connectivity index (χ0) is 14.9. The highest BCUT2D eigenvalue weighted by molar-refractivity contribution is 5.85. The second-order valence-electron chi connectivity index (χ2n) is 6.12. The number of piperidine rings is 1. The Bertz CT molecular complexity index is 523. The van der Waals surface area contributed by atoms with E-state index in [2.05, 4.69) is 10.2 Å². The van der Waals surface area contributed by atoms with Gasteiger partial charge in [0.25, 0.3) is 5.91 Å². The Hall–Kier alpha value is -1.49. The molecule has 0 spiro atoms. The first kappa shape index (κ1) is 14.4. The number of likely N-dealkylation sites (tertiary alicyclic amines) is 1. The van der Waals surface area contributed by atoms with Crippen LogP contribution >= 0.6 is 0 Å². The van der Waals surface area contributed by atoms with E-state index >= 15 is 0 Å². The third kappa shape index (κ3) is 3.59. The van der Waals surface area contributed by atoms with Gasteiger partial charge >= 0.3 is 0 Å². The molecule has 0 atom stereocenters. The van der Waals surface area contributed by atoms with Crippen molar-refractivity contribution in [1.29, 1.82) is 0 Å². The maximum absolute atomic E-state index is 14.6. The average molecular weight is 294 g/mol. The van der Waals surface area contributed by atoms with E-state index in [9.17, 15) is 13.6 Å². The van der Waals surface area contributed by atoms with Crippen LogP contribution in [0.15, 0.2) is 24.3 Å². The Morgan fingerprint density at radius 1 is 1.33 bits per heavy atom. The van der Waals surface area contributed by atoms with E-state index in [1.165, 1.54) is 12.1 Å². The minimum Gasteiger partial charge on any atom is -0.351 e. The first-order valence-electron chi connectivity index (χ1n) is 7.52. The third-order valence-corrected chi connectivity index (χ3v) is 4.26. The zero-order valence-electron chi connectivity index (χ0n) is 11.9.